The number of non-ortho nitro benzene ring substituents is 1. The standard InChI is InChI=1S/C30H37N3O7SSi/c1-28(2,3)42(6,7)39-26-22-9-8-10-24(38-5)25(22)23-18-29(26,4)40-30(23)17-19-15-16-32(27(19)31-30)41(36,37)21-13-11-20(12-14-21)33(34)35/h8-14,17,23,26H,15-16,18H2,1-7H3/t23-,26+,29+,30-/m0/s1. The van der Waals surface area contributed by atoms with Gasteiger partial charge in [0.15, 0.2) is 14.0 Å². The lowest BCUT2D eigenvalue weighted by molar-refractivity contribution is -0.384. The summed E-state index contributed by atoms with van der Waals surface area (Å²) in [5, 5.41) is 11.1. The molecule has 2 bridgehead atoms. The zero-order chi connectivity index (χ0) is 30.5. The van der Waals surface area contributed by atoms with E-state index in [4.69, 9.17) is 18.9 Å². The molecule has 4 atom stereocenters. The molecule has 2 saturated heterocycles. The van der Waals surface area contributed by atoms with Crippen LogP contribution in [0.1, 0.15) is 63.7 Å². The highest BCUT2D eigenvalue weighted by Crippen LogP contribution is 2.64. The number of fused-ring (bicyclic) bond motifs is 6. The number of sulfonamides is 1. The van der Waals surface area contributed by atoms with E-state index in [1.54, 1.807) is 7.11 Å². The molecule has 3 aliphatic heterocycles. The molecular weight excluding hydrogens is 574 g/mol. The highest BCUT2D eigenvalue weighted by Gasteiger charge is 2.65. The predicted octanol–water partition coefficient (Wildman–Crippen LogP) is 6.07. The molecule has 2 aromatic carbocycles. The summed E-state index contributed by atoms with van der Waals surface area (Å²) in [6.07, 6.45) is 2.77. The van der Waals surface area contributed by atoms with Crippen LogP contribution in [0.25, 0.3) is 0 Å². The lowest BCUT2D eigenvalue weighted by atomic mass is 9.72. The fraction of sp³-hybridized carbons (Fsp3) is 0.500. The highest BCUT2D eigenvalue weighted by molar-refractivity contribution is 7.89. The summed E-state index contributed by atoms with van der Waals surface area (Å²) in [6, 6.07) is 10.9. The molecule has 0 N–H and O–H groups in total. The Morgan fingerprint density at radius 2 is 1.86 bits per heavy atom. The van der Waals surface area contributed by atoms with E-state index in [0.29, 0.717) is 18.7 Å². The van der Waals surface area contributed by atoms with Crippen LogP contribution in [0.5, 0.6) is 5.75 Å². The van der Waals surface area contributed by atoms with Crippen LogP contribution in [-0.2, 0) is 19.2 Å². The highest BCUT2D eigenvalue weighted by atomic mass is 32.2. The summed E-state index contributed by atoms with van der Waals surface area (Å²) >= 11 is 0. The van der Waals surface area contributed by atoms with Crippen molar-refractivity contribution in [1.82, 2.24) is 4.31 Å². The van der Waals surface area contributed by atoms with Gasteiger partial charge in [-0.05, 0) is 73.3 Å². The zero-order valence-electron chi connectivity index (χ0n) is 25.0. The maximum Gasteiger partial charge on any atom is 0.269 e. The zero-order valence-corrected chi connectivity index (χ0v) is 26.8. The Balaban J connectivity index is 1.43. The van der Waals surface area contributed by atoms with Crippen LogP contribution < -0.4 is 4.74 Å². The smallest absolute Gasteiger partial charge is 0.269 e. The minimum Gasteiger partial charge on any atom is -0.496 e. The van der Waals surface area contributed by atoms with Crippen molar-refractivity contribution in [3.8, 4) is 5.75 Å². The molecule has 0 radical (unpaired) electrons. The van der Waals surface area contributed by atoms with Crippen LogP contribution in [0.15, 0.2) is 64.0 Å². The average molecular weight is 612 g/mol. The van der Waals surface area contributed by atoms with E-state index < -0.39 is 34.6 Å². The minimum absolute atomic E-state index is 0.0190. The van der Waals surface area contributed by atoms with Gasteiger partial charge in [-0.15, -0.1) is 0 Å². The van der Waals surface area contributed by atoms with Crippen molar-refractivity contribution >= 4 is 29.9 Å². The second-order valence-corrected chi connectivity index (χ2v) is 19.9. The quantitative estimate of drug-likeness (QED) is 0.221. The fourth-order valence-corrected chi connectivity index (χ4v) is 9.25. The Morgan fingerprint density at radius 1 is 1.17 bits per heavy atom. The van der Waals surface area contributed by atoms with Crippen LogP contribution >= 0.6 is 0 Å². The maximum absolute atomic E-state index is 13.7. The summed E-state index contributed by atoms with van der Waals surface area (Å²) in [5.41, 5.74) is 0.842. The molecule has 1 aliphatic carbocycles. The molecule has 4 aliphatic rings. The Hall–Kier alpha value is -3.06. The third-order valence-electron chi connectivity index (χ3n) is 9.63. The van der Waals surface area contributed by atoms with Crippen molar-refractivity contribution in [2.75, 3.05) is 13.7 Å². The second kappa shape index (κ2) is 9.22. The van der Waals surface area contributed by atoms with Crippen molar-refractivity contribution in [3.05, 3.63) is 75.4 Å². The number of ether oxygens (including phenoxy) is 2. The third kappa shape index (κ3) is 4.17. The van der Waals surface area contributed by atoms with E-state index in [9.17, 15) is 18.5 Å². The molecule has 2 aromatic rings. The molecule has 0 amide bonds. The van der Waals surface area contributed by atoms with Gasteiger partial charge >= 0.3 is 0 Å². The van der Waals surface area contributed by atoms with E-state index in [0.717, 1.165) is 22.4 Å². The lowest BCUT2D eigenvalue weighted by Gasteiger charge is -2.45. The van der Waals surface area contributed by atoms with Gasteiger partial charge in [0.25, 0.3) is 15.7 Å². The fourth-order valence-electron chi connectivity index (χ4n) is 6.48. The Labute approximate surface area is 247 Å². The number of nitro benzene ring substituents is 1. The Bertz CT molecular complexity index is 1650. The van der Waals surface area contributed by atoms with E-state index in [-0.39, 0.29) is 34.2 Å². The number of hydrogen-bond acceptors (Lipinski definition) is 8. The molecule has 0 aromatic heterocycles. The first-order valence-corrected chi connectivity index (χ1v) is 18.5. The van der Waals surface area contributed by atoms with Gasteiger partial charge in [0.05, 0.1) is 28.6 Å². The molecule has 6 rings (SSSR count). The molecule has 0 unspecified atom stereocenters. The normalized spacial score (nSPS) is 28.4. The Morgan fingerprint density at radius 3 is 2.48 bits per heavy atom. The predicted molar refractivity (Wildman–Crippen MR) is 161 cm³/mol. The number of hydrogen-bond donors (Lipinski definition) is 0. The second-order valence-electron chi connectivity index (χ2n) is 13.3. The number of rotatable bonds is 6. The summed E-state index contributed by atoms with van der Waals surface area (Å²) < 4.78 is 48.7. The molecule has 1 spiro atoms. The van der Waals surface area contributed by atoms with Crippen molar-refractivity contribution in [3.63, 3.8) is 0 Å². The molecule has 0 saturated carbocycles. The van der Waals surface area contributed by atoms with Gasteiger partial charge in [0.1, 0.15) is 11.6 Å². The minimum atomic E-state index is -4.00. The monoisotopic (exact) mass is 611 g/mol. The molecule has 42 heavy (non-hydrogen) atoms. The van der Waals surface area contributed by atoms with Crippen LogP contribution in [0.3, 0.4) is 0 Å². The maximum atomic E-state index is 13.7. The number of amidine groups is 1. The van der Waals surface area contributed by atoms with Gasteiger partial charge < -0.3 is 13.9 Å². The van der Waals surface area contributed by atoms with Gasteiger partial charge in [-0.3, -0.25) is 10.1 Å². The third-order valence-corrected chi connectivity index (χ3v) is 15.9. The van der Waals surface area contributed by atoms with E-state index in [2.05, 4.69) is 46.9 Å². The van der Waals surface area contributed by atoms with Crippen molar-refractivity contribution in [2.45, 2.75) is 86.9 Å². The SMILES string of the molecule is COc1cccc2c1[C@@H]1C[C@@](C)(O[C@@]13C=C1CCN(S(=O)(=O)c4ccc([N+](=O)[O-])cc4)C1=N3)[C@@H]2O[Si](C)(C)C(C)(C)C. The molecule has 10 nitrogen and oxygen atoms in total. The molecule has 2 fully saturated rings. The summed E-state index contributed by atoms with van der Waals surface area (Å²) in [4.78, 5) is 15.6. The van der Waals surface area contributed by atoms with Crippen molar-refractivity contribution < 1.29 is 27.2 Å². The van der Waals surface area contributed by atoms with Crippen molar-refractivity contribution in [2.24, 2.45) is 4.99 Å². The largest absolute Gasteiger partial charge is 0.496 e. The summed E-state index contributed by atoms with van der Waals surface area (Å²) in [6.45, 7) is 13.4. The average Bonchev–Trinajstić information content (AvgIpc) is 3.55. The van der Waals surface area contributed by atoms with Gasteiger partial charge in [0.2, 0.25) is 0 Å². The van der Waals surface area contributed by atoms with Crippen LogP contribution in [-0.4, -0.2) is 56.8 Å². The lowest BCUT2D eigenvalue weighted by Crippen LogP contribution is -2.48. The van der Waals surface area contributed by atoms with Crippen LogP contribution in [0.2, 0.25) is 18.1 Å². The van der Waals surface area contributed by atoms with Gasteiger partial charge in [0, 0.05) is 30.2 Å². The van der Waals surface area contributed by atoms with E-state index >= 15 is 0 Å². The molecule has 3 heterocycles. The van der Waals surface area contributed by atoms with E-state index in [1.165, 1.54) is 28.6 Å². The van der Waals surface area contributed by atoms with E-state index in [1.807, 2.05) is 18.2 Å². The van der Waals surface area contributed by atoms with Gasteiger partial charge in [-0.1, -0.05) is 32.9 Å². The topological polar surface area (TPSA) is 121 Å². The molecule has 12 heteroatoms. The summed E-state index contributed by atoms with van der Waals surface area (Å²) in [7, 11) is -4.58. The molecular formula is C30H37N3O7SSi. The number of aliphatic imine (C=N–C) groups is 1. The van der Waals surface area contributed by atoms with Crippen molar-refractivity contribution in [1.29, 1.82) is 0 Å². The van der Waals surface area contributed by atoms with Gasteiger partial charge in [-0.2, -0.15) is 0 Å². The summed E-state index contributed by atoms with van der Waals surface area (Å²) in [5.74, 6) is 0.893. The first-order chi connectivity index (χ1) is 19.5. The number of nitro groups is 1. The molecule has 224 valence electrons. The number of methoxy groups -OCH3 is 1. The van der Waals surface area contributed by atoms with Crippen LogP contribution in [0, 0.1) is 10.1 Å². The van der Waals surface area contributed by atoms with Crippen LogP contribution in [0.4, 0.5) is 5.69 Å². The first kappa shape index (κ1) is 29.0. The Kier molecular flexibility index (Phi) is 6.37. The van der Waals surface area contributed by atoms with Gasteiger partial charge in [-0.25, -0.2) is 17.7 Å². The number of nitrogens with zero attached hydrogens (tertiary/aromatic N) is 3. The first-order valence-electron chi connectivity index (χ1n) is 14.2. The number of benzene rings is 2.